The Labute approximate surface area is 87.9 Å². The highest BCUT2D eigenvalue weighted by Gasteiger charge is 2.17. The molecular formula is C9H15N3OS. The molecule has 2 heterocycles. The summed E-state index contributed by atoms with van der Waals surface area (Å²) >= 11 is 1.61. The summed E-state index contributed by atoms with van der Waals surface area (Å²) in [7, 11) is 1.66. The first-order valence-electron chi connectivity index (χ1n) is 4.77. The summed E-state index contributed by atoms with van der Waals surface area (Å²) in [5.41, 5.74) is 0. The lowest BCUT2D eigenvalue weighted by Crippen LogP contribution is -2.49. The van der Waals surface area contributed by atoms with Crippen molar-refractivity contribution in [3.05, 3.63) is 6.20 Å². The summed E-state index contributed by atoms with van der Waals surface area (Å²) in [5, 5.41) is 5.36. The van der Waals surface area contributed by atoms with Gasteiger partial charge in [0.25, 0.3) is 5.19 Å². The lowest BCUT2D eigenvalue weighted by molar-refractivity contribution is 0.412. The van der Waals surface area contributed by atoms with Crippen molar-refractivity contribution in [2.45, 2.75) is 13.0 Å². The number of thiazole rings is 1. The lowest BCUT2D eigenvalue weighted by atomic mass is 10.2. The summed E-state index contributed by atoms with van der Waals surface area (Å²) in [4.78, 5) is 6.52. The molecule has 5 heteroatoms. The van der Waals surface area contributed by atoms with Crippen molar-refractivity contribution in [1.29, 1.82) is 0 Å². The van der Waals surface area contributed by atoms with Crippen molar-refractivity contribution >= 4 is 16.3 Å². The summed E-state index contributed by atoms with van der Waals surface area (Å²) in [6, 6.07) is 0.553. The van der Waals surface area contributed by atoms with Gasteiger partial charge < -0.3 is 15.0 Å². The second kappa shape index (κ2) is 4.14. The zero-order chi connectivity index (χ0) is 9.97. The molecule has 0 amide bonds. The predicted molar refractivity (Wildman–Crippen MR) is 58.3 cm³/mol. The Hall–Kier alpha value is -0.810. The zero-order valence-electron chi connectivity index (χ0n) is 8.49. The third-order valence-corrected chi connectivity index (χ3v) is 3.35. The van der Waals surface area contributed by atoms with E-state index in [0.717, 1.165) is 24.8 Å². The second-order valence-electron chi connectivity index (χ2n) is 3.47. The number of aromatic nitrogens is 1. The van der Waals surface area contributed by atoms with Crippen LogP contribution in [0.5, 0.6) is 5.19 Å². The van der Waals surface area contributed by atoms with Crippen LogP contribution in [-0.4, -0.2) is 37.8 Å². The Bertz CT molecular complexity index is 302. The number of hydrogen-bond donors (Lipinski definition) is 1. The molecule has 1 aromatic rings. The monoisotopic (exact) mass is 213 g/mol. The molecule has 4 nitrogen and oxygen atoms in total. The van der Waals surface area contributed by atoms with Crippen LogP contribution in [0.2, 0.25) is 0 Å². The van der Waals surface area contributed by atoms with Gasteiger partial charge in [0.1, 0.15) is 5.00 Å². The minimum Gasteiger partial charge on any atom is -0.473 e. The summed E-state index contributed by atoms with van der Waals surface area (Å²) < 4.78 is 5.08. The van der Waals surface area contributed by atoms with Crippen LogP contribution in [0.1, 0.15) is 6.92 Å². The molecule has 1 N–H and O–H groups in total. The van der Waals surface area contributed by atoms with Crippen molar-refractivity contribution in [3.8, 4) is 5.19 Å². The molecule has 0 radical (unpaired) electrons. The quantitative estimate of drug-likeness (QED) is 0.793. The first-order valence-corrected chi connectivity index (χ1v) is 5.59. The maximum absolute atomic E-state index is 5.08. The molecule has 1 aliphatic heterocycles. The fourth-order valence-electron chi connectivity index (χ4n) is 1.62. The van der Waals surface area contributed by atoms with Crippen molar-refractivity contribution in [2.24, 2.45) is 0 Å². The number of piperazine rings is 1. The van der Waals surface area contributed by atoms with Crippen LogP contribution in [-0.2, 0) is 0 Å². The van der Waals surface area contributed by atoms with E-state index in [1.165, 1.54) is 5.00 Å². The van der Waals surface area contributed by atoms with E-state index in [-0.39, 0.29) is 0 Å². The van der Waals surface area contributed by atoms with Gasteiger partial charge in [-0.25, -0.2) is 4.98 Å². The van der Waals surface area contributed by atoms with Crippen LogP contribution in [0.4, 0.5) is 5.00 Å². The van der Waals surface area contributed by atoms with Gasteiger partial charge in [0.15, 0.2) is 0 Å². The van der Waals surface area contributed by atoms with Gasteiger partial charge in [0.05, 0.1) is 13.3 Å². The normalized spacial score (nSPS) is 22.4. The molecule has 0 aromatic carbocycles. The van der Waals surface area contributed by atoms with Gasteiger partial charge in [0.2, 0.25) is 0 Å². The van der Waals surface area contributed by atoms with E-state index < -0.39 is 0 Å². The lowest BCUT2D eigenvalue weighted by Gasteiger charge is -2.32. The topological polar surface area (TPSA) is 37.4 Å². The van der Waals surface area contributed by atoms with E-state index in [1.54, 1.807) is 18.4 Å². The zero-order valence-corrected chi connectivity index (χ0v) is 9.30. The van der Waals surface area contributed by atoms with E-state index >= 15 is 0 Å². The fourth-order valence-corrected chi connectivity index (χ4v) is 2.39. The van der Waals surface area contributed by atoms with Crippen LogP contribution in [0.3, 0.4) is 0 Å². The molecule has 0 aliphatic carbocycles. The first kappa shape index (κ1) is 9.73. The third-order valence-electron chi connectivity index (χ3n) is 2.33. The van der Waals surface area contributed by atoms with Gasteiger partial charge in [-0.05, 0) is 6.92 Å². The average molecular weight is 213 g/mol. The Morgan fingerprint density at radius 3 is 3.21 bits per heavy atom. The van der Waals surface area contributed by atoms with Crippen LogP contribution in [0, 0.1) is 0 Å². The molecule has 1 fully saturated rings. The van der Waals surface area contributed by atoms with Gasteiger partial charge in [-0.3, -0.25) is 0 Å². The number of nitrogens with zero attached hydrogens (tertiary/aromatic N) is 2. The SMILES string of the molecule is COc1ncc(N2CCNC(C)C2)s1. The molecule has 0 spiro atoms. The molecule has 78 valence electrons. The van der Waals surface area contributed by atoms with Crippen LogP contribution in [0.25, 0.3) is 0 Å². The third kappa shape index (κ3) is 1.99. The minimum atomic E-state index is 0.553. The van der Waals surface area contributed by atoms with Crippen molar-refractivity contribution in [1.82, 2.24) is 10.3 Å². The number of ether oxygens (including phenoxy) is 1. The highest BCUT2D eigenvalue weighted by atomic mass is 32.1. The molecule has 0 bridgehead atoms. The molecular weight excluding hydrogens is 198 g/mol. The summed E-state index contributed by atoms with van der Waals surface area (Å²) in [6.07, 6.45) is 1.89. The minimum absolute atomic E-state index is 0.553. The Morgan fingerprint density at radius 1 is 1.71 bits per heavy atom. The molecule has 1 atom stereocenters. The van der Waals surface area contributed by atoms with E-state index in [4.69, 9.17) is 4.74 Å². The smallest absolute Gasteiger partial charge is 0.274 e. The van der Waals surface area contributed by atoms with Crippen LogP contribution < -0.4 is 15.0 Å². The molecule has 14 heavy (non-hydrogen) atoms. The maximum atomic E-state index is 5.08. The van der Waals surface area contributed by atoms with Crippen molar-refractivity contribution in [3.63, 3.8) is 0 Å². The predicted octanol–water partition coefficient (Wildman–Crippen LogP) is 0.950. The molecule has 1 aromatic heterocycles. The number of anilines is 1. The van der Waals surface area contributed by atoms with E-state index in [1.807, 2.05) is 6.20 Å². The largest absolute Gasteiger partial charge is 0.473 e. The molecule has 0 saturated carbocycles. The highest BCUT2D eigenvalue weighted by Crippen LogP contribution is 2.28. The van der Waals surface area contributed by atoms with Gasteiger partial charge in [-0.15, -0.1) is 0 Å². The Morgan fingerprint density at radius 2 is 2.57 bits per heavy atom. The summed E-state index contributed by atoms with van der Waals surface area (Å²) in [5.74, 6) is 0. The standard InChI is InChI=1S/C9H15N3OS/c1-7-6-12(4-3-10-7)8-5-11-9(13-2)14-8/h5,7,10H,3-4,6H2,1-2H3. The van der Waals surface area contributed by atoms with E-state index in [0.29, 0.717) is 6.04 Å². The average Bonchev–Trinajstić information content (AvgIpc) is 2.66. The number of methoxy groups -OCH3 is 1. The summed E-state index contributed by atoms with van der Waals surface area (Å²) in [6.45, 7) is 5.34. The molecule has 1 saturated heterocycles. The highest BCUT2D eigenvalue weighted by molar-refractivity contribution is 7.17. The fraction of sp³-hybridized carbons (Fsp3) is 0.667. The Balaban J connectivity index is 2.06. The van der Waals surface area contributed by atoms with Crippen LogP contribution in [0.15, 0.2) is 6.20 Å². The first-order chi connectivity index (χ1) is 6.79. The molecule has 1 aliphatic rings. The molecule has 2 rings (SSSR count). The number of hydrogen-bond acceptors (Lipinski definition) is 5. The number of nitrogens with one attached hydrogen (secondary N) is 1. The van der Waals surface area contributed by atoms with Crippen LogP contribution >= 0.6 is 11.3 Å². The van der Waals surface area contributed by atoms with E-state index in [9.17, 15) is 0 Å². The van der Waals surface area contributed by atoms with Gasteiger partial charge in [0, 0.05) is 25.7 Å². The van der Waals surface area contributed by atoms with Gasteiger partial charge >= 0.3 is 0 Å². The number of rotatable bonds is 2. The van der Waals surface area contributed by atoms with Gasteiger partial charge in [-0.2, -0.15) is 0 Å². The van der Waals surface area contributed by atoms with Gasteiger partial charge in [-0.1, -0.05) is 11.3 Å². The molecule has 1 unspecified atom stereocenters. The Kier molecular flexibility index (Phi) is 2.88. The van der Waals surface area contributed by atoms with Crippen molar-refractivity contribution < 1.29 is 4.74 Å². The van der Waals surface area contributed by atoms with Crippen molar-refractivity contribution in [2.75, 3.05) is 31.6 Å². The second-order valence-corrected chi connectivity index (χ2v) is 4.44. The maximum Gasteiger partial charge on any atom is 0.274 e. The van der Waals surface area contributed by atoms with E-state index in [2.05, 4.69) is 22.1 Å².